The van der Waals surface area contributed by atoms with Gasteiger partial charge in [0.15, 0.2) is 0 Å². The number of aromatic nitrogens is 1. The number of thioether (sulfide) groups is 1. The first-order valence-corrected chi connectivity index (χ1v) is 6.77. The molecule has 0 unspecified atom stereocenters. The average molecular weight is 254 g/mol. The largest absolute Gasteiger partial charge is 0.465 e. The Balaban J connectivity index is 2.53. The maximum Gasteiger partial charge on any atom is 0.339 e. The van der Waals surface area contributed by atoms with Gasteiger partial charge in [0.2, 0.25) is 0 Å². The van der Waals surface area contributed by atoms with Crippen molar-refractivity contribution in [2.45, 2.75) is 6.54 Å². The second-order valence-electron chi connectivity index (χ2n) is 3.76. The molecule has 0 saturated heterocycles. The molecule has 0 saturated carbocycles. The predicted octanol–water partition coefficient (Wildman–Crippen LogP) is 1.66. The Labute approximate surface area is 106 Å². The lowest BCUT2D eigenvalue weighted by atomic mass is 10.2. The van der Waals surface area contributed by atoms with E-state index in [4.69, 9.17) is 0 Å². The van der Waals surface area contributed by atoms with Crippen molar-refractivity contribution in [3.63, 3.8) is 0 Å². The average Bonchev–Trinajstić information content (AvgIpc) is 2.36. The fraction of sp³-hybridized carbons (Fsp3) is 0.500. The zero-order valence-electron chi connectivity index (χ0n) is 10.5. The molecular weight excluding hydrogens is 236 g/mol. The number of rotatable bonds is 6. The molecule has 0 aliphatic rings. The molecular formula is C12H18N2O2S. The second kappa shape index (κ2) is 7.29. The van der Waals surface area contributed by atoms with Crippen LogP contribution in [0, 0.1) is 0 Å². The van der Waals surface area contributed by atoms with Crippen LogP contribution < -0.4 is 0 Å². The Hall–Kier alpha value is -1.07. The fourth-order valence-electron chi connectivity index (χ4n) is 1.36. The predicted molar refractivity (Wildman–Crippen MR) is 70.3 cm³/mol. The van der Waals surface area contributed by atoms with Gasteiger partial charge in [-0.15, -0.1) is 0 Å². The van der Waals surface area contributed by atoms with Crippen LogP contribution in [0.5, 0.6) is 0 Å². The van der Waals surface area contributed by atoms with Gasteiger partial charge >= 0.3 is 5.97 Å². The number of pyridine rings is 1. The lowest BCUT2D eigenvalue weighted by Gasteiger charge is -2.15. The van der Waals surface area contributed by atoms with Gasteiger partial charge in [-0.3, -0.25) is 9.88 Å². The molecule has 94 valence electrons. The number of carbonyl (C=O) groups is 1. The van der Waals surface area contributed by atoms with Crippen LogP contribution >= 0.6 is 11.8 Å². The molecule has 0 spiro atoms. The Morgan fingerprint density at radius 1 is 1.53 bits per heavy atom. The van der Waals surface area contributed by atoms with E-state index < -0.39 is 0 Å². The highest BCUT2D eigenvalue weighted by atomic mass is 32.2. The summed E-state index contributed by atoms with van der Waals surface area (Å²) in [5.41, 5.74) is 1.45. The van der Waals surface area contributed by atoms with Crippen LogP contribution in [0.2, 0.25) is 0 Å². The monoisotopic (exact) mass is 254 g/mol. The lowest BCUT2D eigenvalue weighted by Crippen LogP contribution is -2.21. The number of ether oxygens (including phenoxy) is 1. The summed E-state index contributed by atoms with van der Waals surface area (Å²) < 4.78 is 4.62. The highest BCUT2D eigenvalue weighted by Crippen LogP contribution is 2.05. The number of hydrogen-bond acceptors (Lipinski definition) is 5. The van der Waals surface area contributed by atoms with Gasteiger partial charge in [-0.05, 0) is 25.4 Å². The van der Waals surface area contributed by atoms with Crippen molar-refractivity contribution in [1.82, 2.24) is 9.88 Å². The standard InChI is InChI=1S/C12H18N2O2S/c1-14(6-7-17-3)9-11-5-4-10(8-13-11)12(15)16-2/h4-5,8H,6-7,9H2,1-3H3. The molecule has 5 heteroatoms. The lowest BCUT2D eigenvalue weighted by molar-refractivity contribution is 0.0600. The van der Waals surface area contributed by atoms with Gasteiger partial charge in [0.05, 0.1) is 18.4 Å². The molecule has 17 heavy (non-hydrogen) atoms. The zero-order chi connectivity index (χ0) is 12.7. The van der Waals surface area contributed by atoms with Crippen LogP contribution in [-0.2, 0) is 11.3 Å². The number of carbonyl (C=O) groups excluding carboxylic acids is 1. The normalized spacial score (nSPS) is 10.6. The van der Waals surface area contributed by atoms with E-state index in [2.05, 4.69) is 27.9 Å². The number of esters is 1. The minimum atomic E-state index is -0.347. The van der Waals surface area contributed by atoms with Gasteiger partial charge in [-0.2, -0.15) is 11.8 Å². The first-order chi connectivity index (χ1) is 8.17. The molecule has 1 rings (SSSR count). The van der Waals surface area contributed by atoms with Crippen molar-refractivity contribution < 1.29 is 9.53 Å². The first-order valence-electron chi connectivity index (χ1n) is 5.38. The van der Waals surface area contributed by atoms with Gasteiger partial charge in [0, 0.05) is 25.0 Å². The molecule has 1 heterocycles. The van der Waals surface area contributed by atoms with Gasteiger partial charge < -0.3 is 4.74 Å². The summed E-state index contributed by atoms with van der Waals surface area (Å²) in [6.07, 6.45) is 3.65. The van der Waals surface area contributed by atoms with Crippen LogP contribution in [0.4, 0.5) is 0 Å². The van der Waals surface area contributed by atoms with E-state index in [-0.39, 0.29) is 5.97 Å². The smallest absolute Gasteiger partial charge is 0.339 e. The van der Waals surface area contributed by atoms with Crippen LogP contribution in [0.25, 0.3) is 0 Å². The van der Waals surface area contributed by atoms with E-state index in [0.29, 0.717) is 5.56 Å². The molecule has 0 radical (unpaired) electrons. The molecule has 1 aromatic rings. The molecule has 0 fully saturated rings. The summed E-state index contributed by atoms with van der Waals surface area (Å²) in [7, 11) is 3.43. The van der Waals surface area contributed by atoms with E-state index in [1.807, 2.05) is 17.8 Å². The number of nitrogens with zero attached hydrogens (tertiary/aromatic N) is 2. The highest BCUT2D eigenvalue weighted by molar-refractivity contribution is 7.98. The molecule has 0 atom stereocenters. The summed E-state index contributed by atoms with van der Waals surface area (Å²) in [5.74, 6) is 0.760. The van der Waals surface area contributed by atoms with Gasteiger partial charge in [0.25, 0.3) is 0 Å². The maximum absolute atomic E-state index is 11.2. The molecule has 1 aromatic heterocycles. The first kappa shape index (κ1) is 14.0. The third-order valence-corrected chi connectivity index (χ3v) is 2.95. The van der Waals surface area contributed by atoms with Crippen LogP contribution in [-0.4, -0.2) is 48.6 Å². The van der Waals surface area contributed by atoms with Crippen molar-refractivity contribution in [3.8, 4) is 0 Å². The Kier molecular flexibility index (Phi) is 6.00. The summed E-state index contributed by atoms with van der Waals surface area (Å²) in [6.45, 7) is 1.82. The Morgan fingerprint density at radius 3 is 2.82 bits per heavy atom. The topological polar surface area (TPSA) is 42.4 Å². The zero-order valence-corrected chi connectivity index (χ0v) is 11.3. The van der Waals surface area contributed by atoms with Crippen molar-refractivity contribution in [2.24, 2.45) is 0 Å². The molecule has 0 aliphatic carbocycles. The highest BCUT2D eigenvalue weighted by Gasteiger charge is 2.06. The Morgan fingerprint density at radius 2 is 2.29 bits per heavy atom. The molecule has 0 aliphatic heterocycles. The van der Waals surface area contributed by atoms with E-state index in [9.17, 15) is 4.79 Å². The van der Waals surface area contributed by atoms with E-state index >= 15 is 0 Å². The van der Waals surface area contributed by atoms with Gasteiger partial charge in [-0.1, -0.05) is 0 Å². The van der Waals surface area contributed by atoms with E-state index in [0.717, 1.165) is 24.5 Å². The third kappa shape index (κ3) is 4.75. The number of methoxy groups -OCH3 is 1. The van der Waals surface area contributed by atoms with E-state index in [1.165, 1.54) is 7.11 Å². The fourth-order valence-corrected chi connectivity index (χ4v) is 1.85. The Bertz CT molecular complexity index is 354. The van der Waals surface area contributed by atoms with Crippen molar-refractivity contribution in [1.29, 1.82) is 0 Å². The SMILES string of the molecule is COC(=O)c1ccc(CN(C)CCSC)nc1. The van der Waals surface area contributed by atoms with Crippen LogP contribution in [0.1, 0.15) is 16.1 Å². The minimum Gasteiger partial charge on any atom is -0.465 e. The quantitative estimate of drug-likeness (QED) is 0.722. The minimum absolute atomic E-state index is 0.347. The molecule has 0 bridgehead atoms. The van der Waals surface area contributed by atoms with Gasteiger partial charge in [0.1, 0.15) is 0 Å². The third-order valence-electron chi connectivity index (χ3n) is 2.35. The summed E-state index contributed by atoms with van der Waals surface area (Å²) >= 11 is 1.83. The van der Waals surface area contributed by atoms with Crippen molar-refractivity contribution in [2.75, 3.05) is 32.7 Å². The van der Waals surface area contributed by atoms with E-state index in [1.54, 1.807) is 12.3 Å². The number of hydrogen-bond donors (Lipinski definition) is 0. The van der Waals surface area contributed by atoms with Crippen LogP contribution in [0.3, 0.4) is 0 Å². The summed E-state index contributed by atoms with van der Waals surface area (Å²) in [4.78, 5) is 17.7. The van der Waals surface area contributed by atoms with Crippen molar-refractivity contribution in [3.05, 3.63) is 29.6 Å². The molecule has 0 aromatic carbocycles. The molecule has 4 nitrogen and oxygen atoms in total. The van der Waals surface area contributed by atoms with Crippen LogP contribution in [0.15, 0.2) is 18.3 Å². The summed E-state index contributed by atoms with van der Waals surface area (Å²) in [5, 5.41) is 0. The summed E-state index contributed by atoms with van der Waals surface area (Å²) in [6, 6.07) is 3.61. The maximum atomic E-state index is 11.2. The second-order valence-corrected chi connectivity index (χ2v) is 4.75. The van der Waals surface area contributed by atoms with Crippen molar-refractivity contribution >= 4 is 17.7 Å². The molecule has 0 amide bonds. The van der Waals surface area contributed by atoms with Gasteiger partial charge in [-0.25, -0.2) is 4.79 Å². The molecule has 0 N–H and O–H groups in total.